The summed E-state index contributed by atoms with van der Waals surface area (Å²) in [6.07, 6.45) is 0. The van der Waals surface area contributed by atoms with Gasteiger partial charge in [-0.3, -0.25) is 9.59 Å². The van der Waals surface area contributed by atoms with Gasteiger partial charge >= 0.3 is 5.97 Å². The number of rotatable bonds is 6. The number of carbonyl (C=O) groups is 2. The molecule has 0 aromatic heterocycles. The van der Waals surface area contributed by atoms with Crippen LogP contribution in [0.2, 0.25) is 0 Å². The van der Waals surface area contributed by atoms with E-state index in [2.05, 4.69) is 21.2 Å². The second-order valence-electron chi connectivity index (χ2n) is 4.71. The van der Waals surface area contributed by atoms with E-state index in [4.69, 9.17) is 9.84 Å². The summed E-state index contributed by atoms with van der Waals surface area (Å²) in [6, 6.07) is 7.08. The van der Waals surface area contributed by atoms with Gasteiger partial charge in [0.15, 0.2) is 6.61 Å². The maximum absolute atomic E-state index is 11.5. The predicted octanol–water partition coefficient (Wildman–Crippen LogP) is 2.05. The Hall–Kier alpha value is -1.56. The van der Waals surface area contributed by atoms with Crippen molar-refractivity contribution in [1.82, 2.24) is 5.32 Å². The Kier molecular flexibility index (Phi) is 5.35. The van der Waals surface area contributed by atoms with E-state index in [0.29, 0.717) is 5.75 Å². The number of carboxylic acid groups (broad SMARTS) is 1. The first kappa shape index (κ1) is 15.5. The average Bonchev–Trinajstić information content (AvgIpc) is 2.35. The van der Waals surface area contributed by atoms with Crippen LogP contribution in [0.1, 0.15) is 13.8 Å². The molecule has 5 nitrogen and oxygen atoms in total. The number of amides is 1. The van der Waals surface area contributed by atoms with E-state index in [9.17, 15) is 9.59 Å². The monoisotopic (exact) mass is 329 g/mol. The molecule has 0 saturated carbocycles. The molecule has 1 amide bonds. The third-order valence-electron chi connectivity index (χ3n) is 2.49. The Labute approximate surface area is 120 Å². The summed E-state index contributed by atoms with van der Waals surface area (Å²) in [6.45, 7) is 3.01. The average molecular weight is 330 g/mol. The topological polar surface area (TPSA) is 75.6 Å². The lowest BCUT2D eigenvalue weighted by Gasteiger charge is -2.19. The second kappa shape index (κ2) is 6.56. The van der Waals surface area contributed by atoms with Crippen molar-refractivity contribution < 1.29 is 19.4 Å². The quantitative estimate of drug-likeness (QED) is 0.837. The molecule has 6 heteroatoms. The number of halogens is 1. The minimum absolute atomic E-state index is 0.0604. The van der Waals surface area contributed by atoms with Crippen LogP contribution >= 0.6 is 15.9 Å². The lowest BCUT2D eigenvalue weighted by atomic mass is 9.94. The Morgan fingerprint density at radius 2 is 1.89 bits per heavy atom. The van der Waals surface area contributed by atoms with Crippen molar-refractivity contribution in [2.24, 2.45) is 5.41 Å². The molecule has 0 heterocycles. The van der Waals surface area contributed by atoms with Crippen molar-refractivity contribution in [3.63, 3.8) is 0 Å². The van der Waals surface area contributed by atoms with Gasteiger partial charge in [0.2, 0.25) is 0 Å². The summed E-state index contributed by atoms with van der Waals surface area (Å²) < 4.78 is 6.19. The molecule has 0 unspecified atom stereocenters. The van der Waals surface area contributed by atoms with E-state index in [1.807, 2.05) is 0 Å². The maximum Gasteiger partial charge on any atom is 0.310 e. The van der Waals surface area contributed by atoms with Crippen LogP contribution in [0.25, 0.3) is 0 Å². The summed E-state index contributed by atoms with van der Waals surface area (Å²) >= 11 is 3.30. The number of benzene rings is 1. The first-order valence-corrected chi connectivity index (χ1v) is 6.49. The fourth-order valence-corrected chi connectivity index (χ4v) is 1.39. The molecule has 2 N–H and O–H groups in total. The Balaban J connectivity index is 2.36. The van der Waals surface area contributed by atoms with Crippen molar-refractivity contribution in [2.45, 2.75) is 13.8 Å². The molecule has 0 aliphatic carbocycles. The van der Waals surface area contributed by atoms with Gasteiger partial charge < -0.3 is 15.2 Å². The summed E-state index contributed by atoms with van der Waals surface area (Å²) in [5.74, 6) is -0.727. The molecular weight excluding hydrogens is 314 g/mol. The third-order valence-corrected chi connectivity index (χ3v) is 3.02. The van der Waals surface area contributed by atoms with E-state index < -0.39 is 11.4 Å². The number of hydrogen-bond donors (Lipinski definition) is 2. The lowest BCUT2D eigenvalue weighted by molar-refractivity contribution is -0.146. The van der Waals surface area contributed by atoms with Crippen LogP contribution in [0.4, 0.5) is 0 Å². The molecule has 0 spiro atoms. The van der Waals surface area contributed by atoms with E-state index in [1.54, 1.807) is 38.1 Å². The standard InChI is InChI=1S/C13H16BrNO4/c1-13(2,12(17)18)8-15-11(16)7-19-10-5-3-9(14)4-6-10/h3-6H,7-8H2,1-2H3,(H,15,16)(H,17,18). The van der Waals surface area contributed by atoms with Gasteiger partial charge in [0.1, 0.15) is 5.75 Å². The minimum atomic E-state index is -0.993. The molecule has 1 rings (SSSR count). The van der Waals surface area contributed by atoms with Gasteiger partial charge in [0.05, 0.1) is 5.41 Å². The van der Waals surface area contributed by atoms with E-state index >= 15 is 0 Å². The van der Waals surface area contributed by atoms with Crippen molar-refractivity contribution in [3.8, 4) is 5.75 Å². The zero-order valence-corrected chi connectivity index (χ0v) is 12.4. The maximum atomic E-state index is 11.5. The normalized spacial score (nSPS) is 10.9. The highest BCUT2D eigenvalue weighted by atomic mass is 79.9. The molecule has 0 aliphatic rings. The number of nitrogens with one attached hydrogen (secondary N) is 1. The van der Waals surface area contributed by atoms with Gasteiger partial charge in [-0.2, -0.15) is 0 Å². The Morgan fingerprint density at radius 3 is 2.42 bits per heavy atom. The highest BCUT2D eigenvalue weighted by molar-refractivity contribution is 9.10. The van der Waals surface area contributed by atoms with Crippen molar-refractivity contribution in [2.75, 3.05) is 13.2 Å². The zero-order chi connectivity index (χ0) is 14.5. The van der Waals surface area contributed by atoms with E-state index in [-0.39, 0.29) is 19.1 Å². The van der Waals surface area contributed by atoms with Crippen LogP contribution in [0.3, 0.4) is 0 Å². The summed E-state index contributed by atoms with van der Waals surface area (Å²) in [5.41, 5.74) is -0.993. The zero-order valence-electron chi connectivity index (χ0n) is 10.8. The fourth-order valence-electron chi connectivity index (χ4n) is 1.13. The summed E-state index contributed by atoms with van der Waals surface area (Å²) in [4.78, 5) is 22.4. The lowest BCUT2D eigenvalue weighted by Crippen LogP contribution is -2.40. The highest BCUT2D eigenvalue weighted by Gasteiger charge is 2.27. The van der Waals surface area contributed by atoms with Crippen LogP contribution in [-0.4, -0.2) is 30.1 Å². The van der Waals surface area contributed by atoms with Crippen LogP contribution in [0, 0.1) is 5.41 Å². The smallest absolute Gasteiger partial charge is 0.310 e. The molecule has 1 aromatic rings. The van der Waals surface area contributed by atoms with Gasteiger partial charge in [0, 0.05) is 11.0 Å². The minimum Gasteiger partial charge on any atom is -0.484 e. The number of carbonyl (C=O) groups excluding carboxylic acids is 1. The van der Waals surface area contributed by atoms with Crippen LogP contribution in [0.5, 0.6) is 5.75 Å². The molecule has 0 saturated heterocycles. The van der Waals surface area contributed by atoms with Crippen LogP contribution in [0.15, 0.2) is 28.7 Å². The molecule has 19 heavy (non-hydrogen) atoms. The van der Waals surface area contributed by atoms with E-state index in [1.165, 1.54) is 0 Å². The predicted molar refractivity (Wildman–Crippen MR) is 74.1 cm³/mol. The molecule has 0 radical (unpaired) electrons. The van der Waals surface area contributed by atoms with Crippen LogP contribution < -0.4 is 10.1 Å². The van der Waals surface area contributed by atoms with Gasteiger partial charge in [-0.1, -0.05) is 15.9 Å². The van der Waals surface area contributed by atoms with Gasteiger partial charge in [-0.05, 0) is 38.1 Å². The molecule has 0 atom stereocenters. The van der Waals surface area contributed by atoms with Crippen molar-refractivity contribution >= 4 is 27.8 Å². The first-order valence-electron chi connectivity index (χ1n) is 5.70. The van der Waals surface area contributed by atoms with Gasteiger partial charge in [-0.25, -0.2) is 0 Å². The SMILES string of the molecule is CC(C)(CNC(=O)COc1ccc(Br)cc1)C(=O)O. The van der Waals surface area contributed by atoms with Crippen molar-refractivity contribution in [3.05, 3.63) is 28.7 Å². The van der Waals surface area contributed by atoms with Gasteiger partial charge in [0.25, 0.3) is 5.91 Å². The summed E-state index contributed by atoms with van der Waals surface area (Å²) in [5, 5.41) is 11.4. The largest absolute Gasteiger partial charge is 0.484 e. The fraction of sp³-hybridized carbons (Fsp3) is 0.385. The number of hydrogen-bond acceptors (Lipinski definition) is 3. The molecule has 0 bridgehead atoms. The molecule has 0 aliphatic heterocycles. The molecular formula is C13H16BrNO4. The third kappa shape index (κ3) is 5.30. The van der Waals surface area contributed by atoms with Crippen molar-refractivity contribution in [1.29, 1.82) is 0 Å². The van der Waals surface area contributed by atoms with Gasteiger partial charge in [-0.15, -0.1) is 0 Å². The molecule has 0 fully saturated rings. The van der Waals surface area contributed by atoms with E-state index in [0.717, 1.165) is 4.47 Å². The number of aliphatic carboxylic acids is 1. The Morgan fingerprint density at radius 1 is 1.32 bits per heavy atom. The van der Waals surface area contributed by atoms with Crippen LogP contribution in [-0.2, 0) is 9.59 Å². The first-order chi connectivity index (χ1) is 8.81. The highest BCUT2D eigenvalue weighted by Crippen LogP contribution is 2.16. The number of carboxylic acids is 1. The molecule has 104 valence electrons. The summed E-state index contributed by atoms with van der Waals surface area (Å²) in [7, 11) is 0. The molecule has 1 aromatic carbocycles. The number of ether oxygens (including phenoxy) is 1. The second-order valence-corrected chi connectivity index (χ2v) is 5.62. The Bertz CT molecular complexity index is 456.